The van der Waals surface area contributed by atoms with Crippen LogP contribution in [-0.4, -0.2) is 5.78 Å². The van der Waals surface area contributed by atoms with E-state index in [0.717, 1.165) is 19.8 Å². The van der Waals surface area contributed by atoms with E-state index in [1.54, 1.807) is 17.4 Å². The first-order chi connectivity index (χ1) is 8.08. The molecule has 0 N–H and O–H groups in total. The largest absolute Gasteiger partial charge is 0.294 e. The first kappa shape index (κ1) is 12.8. The van der Waals surface area contributed by atoms with Crippen LogP contribution in [0.15, 0.2) is 34.1 Å². The average Bonchev–Trinajstić information content (AvgIpc) is 2.61. The predicted octanol–water partition coefficient (Wildman–Crippen LogP) is 4.90. The first-order valence-corrected chi connectivity index (χ1v) is 7.09. The second-order valence-electron chi connectivity index (χ2n) is 3.71. The SMILES string of the molecule is Cc1sc(Br)cc1C(=O)Cc1ccccc1Cl. The molecule has 0 saturated carbocycles. The van der Waals surface area contributed by atoms with Gasteiger partial charge in [-0.2, -0.15) is 0 Å². The van der Waals surface area contributed by atoms with Gasteiger partial charge in [0.25, 0.3) is 0 Å². The number of thiophene rings is 1. The number of carbonyl (C=O) groups excluding carboxylic acids is 1. The summed E-state index contributed by atoms with van der Waals surface area (Å²) in [5.41, 5.74) is 1.66. The van der Waals surface area contributed by atoms with Crippen molar-refractivity contribution in [1.29, 1.82) is 0 Å². The number of hydrogen-bond acceptors (Lipinski definition) is 2. The van der Waals surface area contributed by atoms with Gasteiger partial charge in [-0.05, 0) is 40.5 Å². The minimum atomic E-state index is 0.109. The van der Waals surface area contributed by atoms with E-state index in [-0.39, 0.29) is 5.78 Å². The fourth-order valence-electron chi connectivity index (χ4n) is 1.63. The molecule has 0 saturated heterocycles. The van der Waals surface area contributed by atoms with E-state index in [1.165, 1.54) is 0 Å². The van der Waals surface area contributed by atoms with E-state index in [9.17, 15) is 4.79 Å². The fraction of sp³-hybridized carbons (Fsp3) is 0.154. The summed E-state index contributed by atoms with van der Waals surface area (Å²) in [5.74, 6) is 0.109. The summed E-state index contributed by atoms with van der Waals surface area (Å²) in [5, 5.41) is 0.646. The molecule has 0 fully saturated rings. The van der Waals surface area contributed by atoms with Crippen LogP contribution in [0.2, 0.25) is 5.02 Å². The summed E-state index contributed by atoms with van der Waals surface area (Å²) in [6.07, 6.45) is 0.351. The smallest absolute Gasteiger partial charge is 0.168 e. The molecule has 0 spiro atoms. The molecule has 0 aliphatic rings. The first-order valence-electron chi connectivity index (χ1n) is 5.10. The summed E-state index contributed by atoms with van der Waals surface area (Å²) >= 11 is 11.0. The van der Waals surface area contributed by atoms with Gasteiger partial charge < -0.3 is 0 Å². The second kappa shape index (κ2) is 5.34. The van der Waals surface area contributed by atoms with Crippen LogP contribution in [0.4, 0.5) is 0 Å². The molecule has 1 heterocycles. The van der Waals surface area contributed by atoms with Crippen molar-refractivity contribution in [3.05, 3.63) is 55.1 Å². The highest BCUT2D eigenvalue weighted by Crippen LogP contribution is 2.28. The van der Waals surface area contributed by atoms with Gasteiger partial charge in [0.05, 0.1) is 3.79 Å². The lowest BCUT2D eigenvalue weighted by molar-refractivity contribution is 0.0993. The van der Waals surface area contributed by atoms with Crippen molar-refractivity contribution in [3.63, 3.8) is 0 Å². The van der Waals surface area contributed by atoms with Crippen LogP contribution in [0.1, 0.15) is 20.8 Å². The molecular weight excluding hydrogens is 320 g/mol. The second-order valence-corrected chi connectivity index (χ2v) is 6.75. The number of aryl methyl sites for hydroxylation is 1. The summed E-state index contributed by atoms with van der Waals surface area (Å²) < 4.78 is 0.984. The van der Waals surface area contributed by atoms with Crippen molar-refractivity contribution in [3.8, 4) is 0 Å². The maximum absolute atomic E-state index is 12.1. The minimum Gasteiger partial charge on any atom is -0.294 e. The Morgan fingerprint density at radius 2 is 2.12 bits per heavy atom. The quantitative estimate of drug-likeness (QED) is 0.732. The number of benzene rings is 1. The molecule has 0 radical (unpaired) electrons. The Hall–Kier alpha value is -0.640. The van der Waals surface area contributed by atoms with Crippen LogP contribution in [0.25, 0.3) is 0 Å². The molecule has 1 aromatic heterocycles. The van der Waals surface area contributed by atoms with Crippen LogP contribution in [0.3, 0.4) is 0 Å². The zero-order valence-corrected chi connectivity index (χ0v) is 12.3. The van der Waals surface area contributed by atoms with Crippen molar-refractivity contribution in [1.82, 2.24) is 0 Å². The number of Topliss-reactive ketones (excluding diaryl/α,β-unsaturated/α-hetero) is 1. The van der Waals surface area contributed by atoms with E-state index >= 15 is 0 Å². The lowest BCUT2D eigenvalue weighted by atomic mass is 10.0. The van der Waals surface area contributed by atoms with Crippen molar-refractivity contribution >= 4 is 44.7 Å². The number of carbonyl (C=O) groups is 1. The molecular formula is C13H10BrClOS. The highest BCUT2D eigenvalue weighted by Gasteiger charge is 2.14. The van der Waals surface area contributed by atoms with Gasteiger partial charge in [0.1, 0.15) is 0 Å². The minimum absolute atomic E-state index is 0.109. The van der Waals surface area contributed by atoms with Crippen molar-refractivity contribution in [2.45, 2.75) is 13.3 Å². The molecule has 0 aliphatic carbocycles. The molecule has 2 aromatic rings. The Balaban J connectivity index is 2.23. The number of halogens is 2. The highest BCUT2D eigenvalue weighted by atomic mass is 79.9. The standard InChI is InChI=1S/C13H10BrClOS/c1-8-10(7-13(14)17-8)12(16)6-9-4-2-3-5-11(9)15/h2-5,7H,6H2,1H3. The fourth-order valence-corrected chi connectivity index (χ4v) is 3.54. The molecule has 88 valence electrons. The number of hydrogen-bond donors (Lipinski definition) is 0. The summed E-state index contributed by atoms with van der Waals surface area (Å²) in [7, 11) is 0. The van der Waals surface area contributed by atoms with Crippen LogP contribution >= 0.6 is 38.9 Å². The Labute approximate surface area is 118 Å². The molecule has 0 amide bonds. The van der Waals surface area contributed by atoms with Crippen molar-refractivity contribution < 1.29 is 4.79 Å². The molecule has 0 aliphatic heterocycles. The predicted molar refractivity (Wildman–Crippen MR) is 76.2 cm³/mol. The van der Waals surface area contributed by atoms with Crippen LogP contribution in [0.5, 0.6) is 0 Å². The third-order valence-electron chi connectivity index (χ3n) is 2.50. The third kappa shape index (κ3) is 2.97. The van der Waals surface area contributed by atoms with Crippen LogP contribution in [-0.2, 0) is 6.42 Å². The molecule has 17 heavy (non-hydrogen) atoms. The molecule has 0 bridgehead atoms. The normalized spacial score (nSPS) is 10.5. The maximum Gasteiger partial charge on any atom is 0.168 e. The lowest BCUT2D eigenvalue weighted by Gasteiger charge is -2.02. The van der Waals surface area contributed by atoms with E-state index in [2.05, 4.69) is 15.9 Å². The number of rotatable bonds is 3. The van der Waals surface area contributed by atoms with Gasteiger partial charge in [0.15, 0.2) is 5.78 Å². The Morgan fingerprint density at radius 3 is 2.71 bits per heavy atom. The zero-order chi connectivity index (χ0) is 12.4. The topological polar surface area (TPSA) is 17.1 Å². The zero-order valence-electron chi connectivity index (χ0n) is 9.17. The van der Waals surface area contributed by atoms with Crippen molar-refractivity contribution in [2.24, 2.45) is 0 Å². The van der Waals surface area contributed by atoms with Gasteiger partial charge in [-0.25, -0.2) is 0 Å². The molecule has 1 nitrogen and oxygen atoms in total. The number of ketones is 1. The lowest BCUT2D eigenvalue weighted by Crippen LogP contribution is -2.03. The van der Waals surface area contributed by atoms with E-state index in [4.69, 9.17) is 11.6 Å². The van der Waals surface area contributed by atoms with Crippen LogP contribution in [0, 0.1) is 6.92 Å². The van der Waals surface area contributed by atoms with Gasteiger partial charge in [-0.1, -0.05) is 29.8 Å². The Kier molecular flexibility index (Phi) is 4.02. The van der Waals surface area contributed by atoms with Gasteiger partial charge >= 0.3 is 0 Å². The monoisotopic (exact) mass is 328 g/mol. The maximum atomic E-state index is 12.1. The Morgan fingerprint density at radius 1 is 1.41 bits per heavy atom. The van der Waals surface area contributed by atoms with Gasteiger partial charge in [-0.3, -0.25) is 4.79 Å². The Bertz CT molecular complexity index is 562. The summed E-state index contributed by atoms with van der Waals surface area (Å²) in [6, 6.07) is 9.32. The van der Waals surface area contributed by atoms with Gasteiger partial charge in [0.2, 0.25) is 0 Å². The molecule has 4 heteroatoms. The average molecular weight is 330 g/mol. The highest BCUT2D eigenvalue weighted by molar-refractivity contribution is 9.11. The van der Waals surface area contributed by atoms with E-state index in [0.29, 0.717) is 11.4 Å². The molecule has 0 atom stereocenters. The summed E-state index contributed by atoms with van der Waals surface area (Å²) in [4.78, 5) is 13.2. The summed E-state index contributed by atoms with van der Waals surface area (Å²) in [6.45, 7) is 1.95. The molecule has 1 aromatic carbocycles. The van der Waals surface area contributed by atoms with Crippen molar-refractivity contribution in [2.75, 3.05) is 0 Å². The van der Waals surface area contributed by atoms with E-state index < -0.39 is 0 Å². The third-order valence-corrected chi connectivity index (χ3v) is 4.42. The van der Waals surface area contributed by atoms with Crippen LogP contribution < -0.4 is 0 Å². The molecule has 0 unspecified atom stereocenters. The van der Waals surface area contributed by atoms with E-state index in [1.807, 2.05) is 31.2 Å². The molecule has 2 rings (SSSR count). The van der Waals surface area contributed by atoms with Gasteiger partial charge in [-0.15, -0.1) is 11.3 Å². The van der Waals surface area contributed by atoms with Gasteiger partial charge in [0, 0.05) is 21.9 Å².